The molecule has 2 atom stereocenters. The molecule has 1 N–H and O–H groups in total. The molecule has 0 aromatic heterocycles. The number of rotatable bonds is 3. The van der Waals surface area contributed by atoms with Crippen molar-refractivity contribution in [1.82, 2.24) is 5.32 Å². The molecule has 1 aliphatic carbocycles. The molecule has 0 radical (unpaired) electrons. The summed E-state index contributed by atoms with van der Waals surface area (Å²) in [5.41, 5.74) is -0.320. The molecule has 0 spiro atoms. The number of carbonyl (C=O) groups is 2. The third-order valence-corrected chi connectivity index (χ3v) is 4.56. The predicted molar refractivity (Wildman–Crippen MR) is 73.9 cm³/mol. The van der Waals surface area contributed by atoms with E-state index < -0.39 is 5.54 Å². The van der Waals surface area contributed by atoms with Crippen LogP contribution >= 0.6 is 27.5 Å². The Morgan fingerprint density at radius 1 is 1.44 bits per heavy atom. The Morgan fingerprint density at radius 2 is 2.17 bits per heavy atom. The van der Waals surface area contributed by atoms with E-state index in [0.29, 0.717) is 23.4 Å². The summed E-state index contributed by atoms with van der Waals surface area (Å²) in [4.78, 5) is 23.1. The van der Waals surface area contributed by atoms with Gasteiger partial charge in [0.1, 0.15) is 5.54 Å². The van der Waals surface area contributed by atoms with Crippen molar-refractivity contribution >= 4 is 39.7 Å². The Morgan fingerprint density at radius 3 is 2.83 bits per heavy atom. The van der Waals surface area contributed by atoms with Crippen LogP contribution in [0.4, 0.5) is 0 Å². The van der Waals surface area contributed by atoms with Gasteiger partial charge in [-0.3, -0.25) is 9.59 Å². The van der Waals surface area contributed by atoms with Crippen molar-refractivity contribution in [2.45, 2.75) is 29.6 Å². The molecule has 0 aliphatic heterocycles. The monoisotopic (exact) mass is 329 g/mol. The van der Waals surface area contributed by atoms with Crippen molar-refractivity contribution in [3.05, 3.63) is 34.9 Å². The van der Waals surface area contributed by atoms with E-state index in [4.69, 9.17) is 11.6 Å². The first-order chi connectivity index (χ1) is 8.62. The largest absolute Gasteiger partial charge is 0.342 e. The van der Waals surface area contributed by atoms with Gasteiger partial charge in [0.05, 0.1) is 4.83 Å². The minimum absolute atomic E-state index is 0.0334. The molecule has 1 aliphatic rings. The summed E-state index contributed by atoms with van der Waals surface area (Å²) >= 11 is 9.54. The maximum Gasteiger partial charge on any atom is 0.208 e. The summed E-state index contributed by atoms with van der Waals surface area (Å²) in [5.74, 6) is -0.0334. The molecule has 0 saturated heterocycles. The Labute approximate surface area is 119 Å². The molecule has 96 valence electrons. The number of halogens is 2. The van der Waals surface area contributed by atoms with Crippen LogP contribution in [0.5, 0.6) is 0 Å². The molecule has 2 rings (SSSR count). The SMILES string of the molecule is O=CNC1(c2ccccc2Cl)CCCC(Br)C1=O. The first kappa shape index (κ1) is 13.6. The summed E-state index contributed by atoms with van der Waals surface area (Å²) in [6.07, 6.45) is 2.79. The van der Waals surface area contributed by atoms with Gasteiger partial charge in [0.15, 0.2) is 5.78 Å². The van der Waals surface area contributed by atoms with Crippen LogP contribution in [-0.2, 0) is 15.1 Å². The number of alkyl halides is 1. The molecule has 18 heavy (non-hydrogen) atoms. The van der Waals surface area contributed by atoms with E-state index in [-0.39, 0.29) is 10.6 Å². The van der Waals surface area contributed by atoms with Gasteiger partial charge in [-0.1, -0.05) is 45.7 Å². The molecule has 1 aromatic carbocycles. The van der Waals surface area contributed by atoms with E-state index in [9.17, 15) is 9.59 Å². The van der Waals surface area contributed by atoms with Crippen molar-refractivity contribution < 1.29 is 9.59 Å². The summed E-state index contributed by atoms with van der Waals surface area (Å²) in [6.45, 7) is 0. The molecule has 5 heteroatoms. The smallest absolute Gasteiger partial charge is 0.208 e. The maximum absolute atomic E-state index is 12.5. The van der Waals surface area contributed by atoms with Crippen LogP contribution in [0.1, 0.15) is 24.8 Å². The number of hydrogen-bond acceptors (Lipinski definition) is 2. The van der Waals surface area contributed by atoms with Crippen LogP contribution < -0.4 is 5.32 Å². The summed E-state index contributed by atoms with van der Waals surface area (Å²) in [7, 11) is 0. The summed E-state index contributed by atoms with van der Waals surface area (Å²) < 4.78 is 0. The van der Waals surface area contributed by atoms with Gasteiger partial charge in [-0.15, -0.1) is 0 Å². The van der Waals surface area contributed by atoms with E-state index in [1.807, 2.05) is 6.07 Å². The lowest BCUT2D eigenvalue weighted by atomic mass is 9.75. The van der Waals surface area contributed by atoms with E-state index in [1.54, 1.807) is 18.2 Å². The first-order valence-electron chi connectivity index (χ1n) is 5.76. The zero-order valence-electron chi connectivity index (χ0n) is 9.66. The van der Waals surface area contributed by atoms with E-state index >= 15 is 0 Å². The number of hydrogen-bond donors (Lipinski definition) is 1. The lowest BCUT2D eigenvalue weighted by Crippen LogP contribution is -2.54. The van der Waals surface area contributed by atoms with Crippen LogP contribution in [-0.4, -0.2) is 17.0 Å². The van der Waals surface area contributed by atoms with Crippen molar-refractivity contribution in [3.63, 3.8) is 0 Å². The predicted octanol–water partition coefficient (Wildman–Crippen LogP) is 2.80. The number of carbonyl (C=O) groups excluding carboxylic acids is 2. The van der Waals surface area contributed by atoms with Gasteiger partial charge in [0, 0.05) is 10.6 Å². The number of nitrogens with one attached hydrogen (secondary N) is 1. The molecule has 0 bridgehead atoms. The highest BCUT2D eigenvalue weighted by Gasteiger charge is 2.46. The van der Waals surface area contributed by atoms with Crippen LogP contribution in [0.15, 0.2) is 24.3 Å². The van der Waals surface area contributed by atoms with Gasteiger partial charge >= 0.3 is 0 Å². The van der Waals surface area contributed by atoms with Gasteiger partial charge in [0.2, 0.25) is 6.41 Å². The summed E-state index contributed by atoms with van der Waals surface area (Å²) in [6, 6.07) is 7.15. The second-order valence-electron chi connectivity index (χ2n) is 4.37. The lowest BCUT2D eigenvalue weighted by Gasteiger charge is -2.38. The highest BCUT2D eigenvalue weighted by molar-refractivity contribution is 9.10. The average Bonchev–Trinajstić information content (AvgIpc) is 2.36. The second-order valence-corrected chi connectivity index (χ2v) is 5.88. The van der Waals surface area contributed by atoms with Crippen LogP contribution in [0, 0.1) is 0 Å². The van der Waals surface area contributed by atoms with Crippen LogP contribution in [0.2, 0.25) is 5.02 Å². The Balaban J connectivity index is 2.53. The Hall–Kier alpha value is -0.870. The molecule has 1 aromatic rings. The molecule has 1 saturated carbocycles. The normalized spacial score (nSPS) is 27.9. The molecule has 0 heterocycles. The standard InChI is InChI=1S/C13H13BrClNO2/c14-10-5-3-7-13(12(10)18,16-8-17)9-4-1-2-6-11(9)15/h1-2,4,6,8,10H,3,5,7H2,(H,16,17). The van der Waals surface area contributed by atoms with Gasteiger partial charge in [-0.05, 0) is 25.3 Å². The van der Waals surface area contributed by atoms with Crippen molar-refractivity contribution in [1.29, 1.82) is 0 Å². The molecule has 1 amide bonds. The van der Waals surface area contributed by atoms with Crippen molar-refractivity contribution in [2.24, 2.45) is 0 Å². The van der Waals surface area contributed by atoms with Gasteiger partial charge in [0.25, 0.3) is 0 Å². The van der Waals surface area contributed by atoms with Gasteiger partial charge in [-0.2, -0.15) is 0 Å². The van der Waals surface area contributed by atoms with E-state index in [2.05, 4.69) is 21.2 Å². The maximum atomic E-state index is 12.5. The van der Waals surface area contributed by atoms with E-state index in [1.165, 1.54) is 0 Å². The second kappa shape index (κ2) is 5.41. The fourth-order valence-electron chi connectivity index (χ4n) is 2.46. The topological polar surface area (TPSA) is 46.2 Å². The highest BCUT2D eigenvalue weighted by Crippen LogP contribution is 2.39. The van der Waals surface area contributed by atoms with Crippen LogP contribution in [0.3, 0.4) is 0 Å². The van der Waals surface area contributed by atoms with Crippen molar-refractivity contribution in [2.75, 3.05) is 0 Å². The summed E-state index contributed by atoms with van der Waals surface area (Å²) in [5, 5.41) is 3.19. The number of benzene rings is 1. The molecular weight excluding hydrogens is 318 g/mol. The lowest BCUT2D eigenvalue weighted by molar-refractivity contribution is -0.130. The zero-order valence-corrected chi connectivity index (χ0v) is 12.0. The first-order valence-corrected chi connectivity index (χ1v) is 7.06. The van der Waals surface area contributed by atoms with Gasteiger partial charge < -0.3 is 5.32 Å². The Kier molecular flexibility index (Phi) is 4.07. The molecule has 1 fully saturated rings. The van der Waals surface area contributed by atoms with E-state index in [0.717, 1.165) is 12.8 Å². The zero-order chi connectivity index (χ0) is 13.2. The molecule has 2 unspecified atom stereocenters. The fraction of sp³-hybridized carbons (Fsp3) is 0.385. The number of ketones is 1. The number of Topliss-reactive ketones (excluding diaryl/α,β-unsaturated/α-hetero) is 1. The average molecular weight is 331 g/mol. The van der Waals surface area contributed by atoms with Gasteiger partial charge in [-0.25, -0.2) is 0 Å². The van der Waals surface area contributed by atoms with Crippen molar-refractivity contribution in [3.8, 4) is 0 Å². The fourth-order valence-corrected chi connectivity index (χ4v) is 3.48. The number of amides is 1. The third kappa shape index (κ3) is 2.19. The quantitative estimate of drug-likeness (QED) is 0.684. The third-order valence-electron chi connectivity index (χ3n) is 3.35. The Bertz CT molecular complexity index is 480. The minimum atomic E-state index is -0.994. The minimum Gasteiger partial charge on any atom is -0.342 e. The molecular formula is C13H13BrClNO2. The molecule has 3 nitrogen and oxygen atoms in total. The van der Waals surface area contributed by atoms with Crippen LogP contribution in [0.25, 0.3) is 0 Å². The highest BCUT2D eigenvalue weighted by atomic mass is 79.9.